The highest BCUT2D eigenvalue weighted by atomic mass is 16.5. The van der Waals surface area contributed by atoms with Crippen LogP contribution in [0.2, 0.25) is 0 Å². The molecule has 1 aromatic carbocycles. The number of rotatable bonds is 8. The second kappa shape index (κ2) is 8.34. The molecule has 0 aliphatic carbocycles. The van der Waals surface area contributed by atoms with Crippen molar-refractivity contribution in [1.29, 1.82) is 0 Å². The lowest BCUT2D eigenvalue weighted by Crippen LogP contribution is -2.21. The first-order chi connectivity index (χ1) is 10.3. The number of methoxy groups -OCH3 is 1. The number of para-hydroxylation sites is 1. The van der Waals surface area contributed by atoms with Crippen LogP contribution in [0.4, 0.5) is 0 Å². The summed E-state index contributed by atoms with van der Waals surface area (Å²) in [6.07, 6.45) is 4.86. The monoisotopic (exact) mass is 286 g/mol. The molecule has 0 radical (unpaired) electrons. The van der Waals surface area contributed by atoms with E-state index in [0.29, 0.717) is 0 Å². The van der Waals surface area contributed by atoms with Gasteiger partial charge in [-0.15, -0.1) is 5.10 Å². The Kier molecular flexibility index (Phi) is 6.12. The van der Waals surface area contributed by atoms with Gasteiger partial charge < -0.3 is 10.1 Å². The first-order valence-electron chi connectivity index (χ1n) is 7.20. The van der Waals surface area contributed by atoms with Crippen LogP contribution < -0.4 is 5.32 Å². The number of benzene rings is 1. The largest absolute Gasteiger partial charge is 0.383 e. The van der Waals surface area contributed by atoms with Gasteiger partial charge in [-0.05, 0) is 24.6 Å². The van der Waals surface area contributed by atoms with E-state index in [0.717, 1.165) is 37.5 Å². The second-order valence-electron chi connectivity index (χ2n) is 4.72. The van der Waals surface area contributed by atoms with E-state index in [1.807, 2.05) is 30.3 Å². The number of ether oxygens (including phenoxy) is 1. The summed E-state index contributed by atoms with van der Waals surface area (Å²) >= 11 is 0. The third-order valence-corrected chi connectivity index (χ3v) is 3.14. The molecule has 1 N–H and O–H groups in total. The van der Waals surface area contributed by atoms with Crippen LogP contribution in [0.25, 0.3) is 11.8 Å². The summed E-state index contributed by atoms with van der Waals surface area (Å²) in [6, 6.07) is 9.91. The molecular formula is C16H22N4O. The molecule has 2 rings (SSSR count). The van der Waals surface area contributed by atoms with Gasteiger partial charge in [-0.1, -0.05) is 30.7 Å². The Morgan fingerprint density at radius 1 is 1.33 bits per heavy atom. The van der Waals surface area contributed by atoms with Gasteiger partial charge in [-0.3, -0.25) is 0 Å². The van der Waals surface area contributed by atoms with Gasteiger partial charge in [0.15, 0.2) is 0 Å². The number of nitrogens with one attached hydrogen (secondary N) is 1. The lowest BCUT2D eigenvalue weighted by molar-refractivity contribution is 0.200. The van der Waals surface area contributed by atoms with Gasteiger partial charge in [-0.25, -0.2) is 0 Å². The molecule has 112 valence electrons. The fraction of sp³-hybridized carbons (Fsp3) is 0.375. The van der Waals surface area contributed by atoms with Crippen molar-refractivity contribution in [1.82, 2.24) is 20.3 Å². The summed E-state index contributed by atoms with van der Waals surface area (Å²) in [6.45, 7) is 4.56. The van der Waals surface area contributed by atoms with Crippen LogP contribution >= 0.6 is 0 Å². The van der Waals surface area contributed by atoms with Crippen molar-refractivity contribution in [2.45, 2.75) is 13.3 Å². The van der Waals surface area contributed by atoms with Crippen LogP contribution in [-0.2, 0) is 4.74 Å². The second-order valence-corrected chi connectivity index (χ2v) is 4.72. The SMILES string of the molecule is CCC(=Cc1cnn(-c2ccccc2)n1)CNCCOC. The standard InChI is InChI=1S/C16H22N4O/c1-3-14(12-17-9-10-21-2)11-15-13-18-20(19-15)16-7-5-4-6-8-16/h4-8,11,13,17H,3,9-10,12H2,1-2H3. The maximum atomic E-state index is 5.02. The number of aromatic nitrogens is 3. The first kappa shape index (κ1) is 15.4. The summed E-state index contributed by atoms with van der Waals surface area (Å²) in [5.74, 6) is 0. The molecule has 0 aliphatic heterocycles. The number of nitrogens with zero attached hydrogens (tertiary/aromatic N) is 3. The fourth-order valence-corrected chi connectivity index (χ4v) is 1.94. The van der Waals surface area contributed by atoms with E-state index in [2.05, 4.69) is 28.5 Å². The summed E-state index contributed by atoms with van der Waals surface area (Å²) in [5, 5.41) is 12.1. The molecule has 0 bridgehead atoms. The molecule has 0 fully saturated rings. The van der Waals surface area contributed by atoms with E-state index >= 15 is 0 Å². The van der Waals surface area contributed by atoms with Crippen LogP contribution in [0.5, 0.6) is 0 Å². The van der Waals surface area contributed by atoms with Crippen molar-refractivity contribution in [3.8, 4) is 5.69 Å². The molecule has 0 saturated carbocycles. The third kappa shape index (κ3) is 4.81. The average Bonchev–Trinajstić information content (AvgIpc) is 3.00. The van der Waals surface area contributed by atoms with Crippen molar-refractivity contribution >= 4 is 6.08 Å². The maximum Gasteiger partial charge on any atom is 0.106 e. The van der Waals surface area contributed by atoms with Gasteiger partial charge in [0.2, 0.25) is 0 Å². The molecule has 1 aromatic heterocycles. The van der Waals surface area contributed by atoms with E-state index in [9.17, 15) is 0 Å². The molecule has 5 nitrogen and oxygen atoms in total. The van der Waals surface area contributed by atoms with Crippen LogP contribution in [-0.4, -0.2) is 41.8 Å². The molecule has 0 amide bonds. The van der Waals surface area contributed by atoms with Gasteiger partial charge >= 0.3 is 0 Å². The topological polar surface area (TPSA) is 52.0 Å². The Morgan fingerprint density at radius 2 is 2.14 bits per heavy atom. The van der Waals surface area contributed by atoms with Crippen molar-refractivity contribution in [3.63, 3.8) is 0 Å². The Labute approximate surface area is 125 Å². The first-order valence-corrected chi connectivity index (χ1v) is 7.20. The van der Waals surface area contributed by atoms with Crippen LogP contribution in [0.3, 0.4) is 0 Å². The Hall–Kier alpha value is -1.98. The maximum absolute atomic E-state index is 5.02. The molecule has 5 heteroatoms. The number of hydrogen-bond acceptors (Lipinski definition) is 4. The highest BCUT2D eigenvalue weighted by molar-refractivity contribution is 5.48. The molecule has 0 unspecified atom stereocenters. The molecule has 0 aliphatic rings. The smallest absolute Gasteiger partial charge is 0.106 e. The normalized spacial score (nSPS) is 11.8. The van der Waals surface area contributed by atoms with Crippen molar-refractivity contribution in [2.75, 3.05) is 26.8 Å². The summed E-state index contributed by atoms with van der Waals surface area (Å²) in [4.78, 5) is 1.65. The molecule has 0 spiro atoms. The van der Waals surface area contributed by atoms with Gasteiger partial charge in [-0.2, -0.15) is 9.90 Å². The van der Waals surface area contributed by atoms with E-state index in [1.165, 1.54) is 5.57 Å². The minimum atomic E-state index is 0.723. The van der Waals surface area contributed by atoms with Gasteiger partial charge in [0.25, 0.3) is 0 Å². The van der Waals surface area contributed by atoms with Crippen molar-refractivity contribution in [3.05, 3.63) is 47.8 Å². The quantitative estimate of drug-likeness (QED) is 0.757. The zero-order valence-corrected chi connectivity index (χ0v) is 12.6. The van der Waals surface area contributed by atoms with E-state index < -0.39 is 0 Å². The molecule has 0 atom stereocenters. The highest BCUT2D eigenvalue weighted by Gasteiger charge is 2.02. The van der Waals surface area contributed by atoms with Crippen LogP contribution in [0.1, 0.15) is 19.0 Å². The third-order valence-electron chi connectivity index (χ3n) is 3.14. The van der Waals surface area contributed by atoms with E-state index in [1.54, 1.807) is 18.1 Å². The highest BCUT2D eigenvalue weighted by Crippen LogP contribution is 2.09. The van der Waals surface area contributed by atoms with Gasteiger partial charge in [0.05, 0.1) is 18.5 Å². The minimum absolute atomic E-state index is 0.723. The average molecular weight is 286 g/mol. The van der Waals surface area contributed by atoms with Crippen molar-refractivity contribution < 1.29 is 4.74 Å². The van der Waals surface area contributed by atoms with Gasteiger partial charge in [0.1, 0.15) is 5.69 Å². The lowest BCUT2D eigenvalue weighted by Gasteiger charge is -2.06. The van der Waals surface area contributed by atoms with E-state index in [4.69, 9.17) is 4.74 Å². The van der Waals surface area contributed by atoms with Crippen LogP contribution in [0.15, 0.2) is 42.1 Å². The number of hydrogen-bond donors (Lipinski definition) is 1. The zero-order valence-electron chi connectivity index (χ0n) is 12.6. The van der Waals surface area contributed by atoms with Crippen LogP contribution in [0, 0.1) is 0 Å². The molecule has 21 heavy (non-hydrogen) atoms. The van der Waals surface area contributed by atoms with Crippen molar-refractivity contribution in [2.24, 2.45) is 0 Å². The Balaban J connectivity index is 2.00. The predicted octanol–water partition coefficient (Wildman–Crippen LogP) is 2.30. The zero-order chi connectivity index (χ0) is 14.9. The summed E-state index contributed by atoms with van der Waals surface area (Å²) < 4.78 is 5.02. The summed E-state index contributed by atoms with van der Waals surface area (Å²) in [7, 11) is 1.71. The Bertz CT molecular complexity index is 563. The molecular weight excluding hydrogens is 264 g/mol. The van der Waals surface area contributed by atoms with E-state index in [-0.39, 0.29) is 0 Å². The molecule has 0 saturated heterocycles. The Morgan fingerprint density at radius 3 is 2.86 bits per heavy atom. The fourth-order valence-electron chi connectivity index (χ4n) is 1.94. The predicted molar refractivity (Wildman–Crippen MR) is 84.4 cm³/mol. The summed E-state index contributed by atoms with van der Waals surface area (Å²) in [5.41, 5.74) is 3.14. The lowest BCUT2D eigenvalue weighted by atomic mass is 10.1. The minimum Gasteiger partial charge on any atom is -0.383 e. The van der Waals surface area contributed by atoms with Gasteiger partial charge in [0, 0.05) is 20.2 Å². The molecule has 2 aromatic rings. The molecule has 1 heterocycles.